The molecule has 2 aromatic carbocycles. The number of fused-ring (bicyclic) bond motifs is 2. The van der Waals surface area contributed by atoms with E-state index in [1.807, 2.05) is 42.5 Å². The van der Waals surface area contributed by atoms with Crippen molar-refractivity contribution in [2.24, 2.45) is 0 Å². The van der Waals surface area contributed by atoms with Crippen LogP contribution in [0.15, 0.2) is 42.5 Å². The van der Waals surface area contributed by atoms with Crippen molar-refractivity contribution in [1.82, 2.24) is 4.98 Å². The van der Waals surface area contributed by atoms with Gasteiger partial charge in [0.1, 0.15) is 5.75 Å². The predicted octanol–water partition coefficient (Wildman–Crippen LogP) is 3.70. The van der Waals surface area contributed by atoms with Crippen LogP contribution >= 0.6 is 22.6 Å². The number of hydrogen-bond donors (Lipinski definition) is 1. The van der Waals surface area contributed by atoms with Crippen LogP contribution in [-0.4, -0.2) is 10.1 Å². The Morgan fingerprint density at radius 3 is 2.69 bits per heavy atom. The minimum absolute atomic E-state index is 0.316. The predicted molar refractivity (Wildman–Crippen MR) is 73.6 cm³/mol. The molecule has 16 heavy (non-hydrogen) atoms. The highest BCUT2D eigenvalue weighted by Gasteiger charge is 2.06. The first-order valence-electron chi connectivity index (χ1n) is 4.93. The molecular weight excluding hydrogens is 313 g/mol. The maximum absolute atomic E-state index is 9.97. The Morgan fingerprint density at radius 1 is 1.00 bits per heavy atom. The molecule has 0 saturated carbocycles. The lowest BCUT2D eigenvalue weighted by Gasteiger charge is -2.04. The maximum Gasteiger partial charge on any atom is 0.138 e. The largest absolute Gasteiger partial charge is 0.506 e. The van der Waals surface area contributed by atoms with Crippen molar-refractivity contribution in [3.63, 3.8) is 0 Å². The summed E-state index contributed by atoms with van der Waals surface area (Å²) in [7, 11) is 0. The van der Waals surface area contributed by atoms with Gasteiger partial charge in [-0.1, -0.05) is 18.2 Å². The van der Waals surface area contributed by atoms with Crippen LogP contribution in [0.5, 0.6) is 5.75 Å². The number of nitrogens with zero attached hydrogens (tertiary/aromatic N) is 1. The Kier molecular flexibility index (Phi) is 2.21. The molecule has 3 heteroatoms. The molecule has 0 aliphatic heterocycles. The Balaban J connectivity index is 2.51. The van der Waals surface area contributed by atoms with Gasteiger partial charge >= 0.3 is 0 Å². The molecule has 0 aliphatic carbocycles. The number of phenols is 1. The molecular formula is C13H8INO. The second kappa shape index (κ2) is 3.59. The smallest absolute Gasteiger partial charge is 0.138 e. The normalized spacial score (nSPS) is 11.1. The average molecular weight is 321 g/mol. The van der Waals surface area contributed by atoms with Crippen LogP contribution in [0.4, 0.5) is 0 Å². The lowest BCUT2D eigenvalue weighted by Crippen LogP contribution is -1.84. The lowest BCUT2D eigenvalue weighted by molar-refractivity contribution is 0.478. The summed E-state index contributed by atoms with van der Waals surface area (Å²) in [5.41, 5.74) is 1.78. The van der Waals surface area contributed by atoms with Crippen molar-refractivity contribution in [1.29, 1.82) is 0 Å². The number of phenolic OH excluding ortho intramolecular Hbond substituents is 1. The molecule has 3 aromatic rings. The van der Waals surface area contributed by atoms with E-state index in [0.717, 1.165) is 25.4 Å². The van der Waals surface area contributed by atoms with Crippen molar-refractivity contribution in [3.8, 4) is 5.75 Å². The molecule has 0 amide bonds. The van der Waals surface area contributed by atoms with E-state index in [9.17, 15) is 5.11 Å². The van der Waals surface area contributed by atoms with Gasteiger partial charge in [-0.3, -0.25) is 0 Å². The first kappa shape index (κ1) is 9.84. The first-order chi connectivity index (χ1) is 7.75. The molecule has 1 aromatic heterocycles. The minimum atomic E-state index is 0.316. The molecule has 1 heterocycles. The highest BCUT2D eigenvalue weighted by atomic mass is 127. The average Bonchev–Trinajstić information content (AvgIpc) is 2.32. The molecule has 0 bridgehead atoms. The van der Waals surface area contributed by atoms with Crippen molar-refractivity contribution < 1.29 is 5.11 Å². The standard InChI is InChI=1S/C13H8INO/c14-10-5-6-12-9(13(10)16)7-8-3-1-2-4-11(8)15-12/h1-7,16H. The number of aromatic nitrogens is 1. The van der Waals surface area contributed by atoms with Gasteiger partial charge in [0.2, 0.25) is 0 Å². The van der Waals surface area contributed by atoms with Crippen molar-refractivity contribution in [2.45, 2.75) is 0 Å². The third-order valence-electron chi connectivity index (χ3n) is 2.62. The van der Waals surface area contributed by atoms with Crippen LogP contribution in [0.1, 0.15) is 0 Å². The zero-order valence-electron chi connectivity index (χ0n) is 8.31. The van der Waals surface area contributed by atoms with E-state index in [1.54, 1.807) is 0 Å². The highest BCUT2D eigenvalue weighted by Crippen LogP contribution is 2.30. The van der Waals surface area contributed by atoms with E-state index < -0.39 is 0 Å². The summed E-state index contributed by atoms with van der Waals surface area (Å²) in [4.78, 5) is 4.52. The van der Waals surface area contributed by atoms with Gasteiger partial charge in [0.05, 0.1) is 14.6 Å². The zero-order chi connectivity index (χ0) is 11.1. The topological polar surface area (TPSA) is 33.1 Å². The SMILES string of the molecule is Oc1c(I)ccc2nc3ccccc3cc12. The summed E-state index contributed by atoms with van der Waals surface area (Å²) >= 11 is 2.12. The number of aromatic hydroxyl groups is 1. The number of pyridine rings is 1. The van der Waals surface area contributed by atoms with Crippen molar-refractivity contribution in [2.75, 3.05) is 0 Å². The number of hydrogen-bond acceptors (Lipinski definition) is 2. The van der Waals surface area contributed by atoms with Crippen LogP contribution in [-0.2, 0) is 0 Å². The van der Waals surface area contributed by atoms with Gasteiger partial charge in [0, 0.05) is 10.8 Å². The van der Waals surface area contributed by atoms with E-state index in [-0.39, 0.29) is 0 Å². The molecule has 3 rings (SSSR count). The zero-order valence-corrected chi connectivity index (χ0v) is 10.5. The van der Waals surface area contributed by atoms with Gasteiger partial charge in [-0.2, -0.15) is 0 Å². The van der Waals surface area contributed by atoms with Crippen molar-refractivity contribution >= 4 is 44.4 Å². The second-order valence-corrected chi connectivity index (χ2v) is 4.81. The lowest BCUT2D eigenvalue weighted by atomic mass is 10.1. The molecule has 0 unspecified atom stereocenters. The Hall–Kier alpha value is -1.36. The highest BCUT2D eigenvalue weighted by molar-refractivity contribution is 14.1. The molecule has 0 fully saturated rings. The molecule has 0 aliphatic rings. The molecule has 78 valence electrons. The van der Waals surface area contributed by atoms with Crippen LogP contribution in [0.2, 0.25) is 0 Å². The van der Waals surface area contributed by atoms with E-state index in [1.165, 1.54) is 0 Å². The third kappa shape index (κ3) is 1.43. The van der Waals surface area contributed by atoms with Gasteiger partial charge in [0.25, 0.3) is 0 Å². The van der Waals surface area contributed by atoms with Gasteiger partial charge in [0.15, 0.2) is 0 Å². The monoisotopic (exact) mass is 321 g/mol. The fourth-order valence-electron chi connectivity index (χ4n) is 1.81. The third-order valence-corrected chi connectivity index (χ3v) is 3.49. The van der Waals surface area contributed by atoms with E-state index in [2.05, 4.69) is 27.6 Å². The summed E-state index contributed by atoms with van der Waals surface area (Å²) in [5.74, 6) is 0.316. The Labute approximate surface area is 106 Å². The quantitative estimate of drug-likeness (QED) is 0.506. The van der Waals surface area contributed by atoms with Gasteiger partial charge < -0.3 is 5.11 Å². The molecule has 0 spiro atoms. The Bertz CT molecular complexity index is 694. The van der Waals surface area contributed by atoms with Crippen molar-refractivity contribution in [3.05, 3.63) is 46.0 Å². The maximum atomic E-state index is 9.97. The summed E-state index contributed by atoms with van der Waals surface area (Å²) in [6.07, 6.45) is 0. The molecule has 0 radical (unpaired) electrons. The second-order valence-electron chi connectivity index (χ2n) is 3.64. The summed E-state index contributed by atoms with van der Waals surface area (Å²) in [5, 5.41) is 11.8. The van der Waals surface area contributed by atoms with E-state index >= 15 is 0 Å². The van der Waals surface area contributed by atoms with Gasteiger partial charge in [-0.25, -0.2) is 4.98 Å². The van der Waals surface area contributed by atoms with Gasteiger partial charge in [-0.05, 0) is 46.9 Å². The van der Waals surface area contributed by atoms with Crippen LogP contribution in [0.3, 0.4) is 0 Å². The van der Waals surface area contributed by atoms with Crippen LogP contribution in [0.25, 0.3) is 21.8 Å². The summed E-state index contributed by atoms with van der Waals surface area (Å²) in [6, 6.07) is 13.7. The van der Waals surface area contributed by atoms with Crippen LogP contribution in [0, 0.1) is 3.57 Å². The molecule has 1 N–H and O–H groups in total. The van der Waals surface area contributed by atoms with Gasteiger partial charge in [-0.15, -0.1) is 0 Å². The van der Waals surface area contributed by atoms with E-state index in [0.29, 0.717) is 5.75 Å². The van der Waals surface area contributed by atoms with E-state index in [4.69, 9.17) is 0 Å². The Morgan fingerprint density at radius 2 is 1.81 bits per heavy atom. The molecule has 0 saturated heterocycles. The summed E-state index contributed by atoms with van der Waals surface area (Å²) in [6.45, 7) is 0. The molecule has 0 atom stereocenters. The number of para-hydroxylation sites is 1. The summed E-state index contributed by atoms with van der Waals surface area (Å²) < 4.78 is 0.849. The first-order valence-corrected chi connectivity index (χ1v) is 6.00. The van der Waals surface area contributed by atoms with Crippen LogP contribution < -0.4 is 0 Å². The fourth-order valence-corrected chi connectivity index (χ4v) is 2.28. The number of rotatable bonds is 0. The molecule has 2 nitrogen and oxygen atoms in total. The number of benzene rings is 2. The fraction of sp³-hybridized carbons (Fsp3) is 0. The number of halogens is 1. The minimum Gasteiger partial charge on any atom is -0.506 e.